The third-order valence-electron chi connectivity index (χ3n) is 5.04. The number of aryl methyl sites for hydroxylation is 1. The Bertz CT molecular complexity index is 936. The van der Waals surface area contributed by atoms with E-state index in [1.54, 1.807) is 36.4 Å². The number of rotatable bonds is 8. The first-order valence-electron chi connectivity index (χ1n) is 9.64. The minimum atomic E-state index is -1.05. The molecule has 0 aliphatic carbocycles. The molecule has 8 heteroatoms. The van der Waals surface area contributed by atoms with E-state index in [1.165, 1.54) is 4.90 Å². The molecule has 1 saturated heterocycles. The van der Waals surface area contributed by atoms with Gasteiger partial charge in [-0.2, -0.15) is 0 Å². The predicted molar refractivity (Wildman–Crippen MR) is 114 cm³/mol. The Labute approximate surface area is 184 Å². The van der Waals surface area contributed by atoms with Crippen LogP contribution < -0.4 is 5.32 Å². The summed E-state index contributed by atoms with van der Waals surface area (Å²) in [5.41, 5.74) is 1.64. The van der Waals surface area contributed by atoms with Crippen LogP contribution >= 0.6 is 23.2 Å². The third kappa shape index (κ3) is 5.39. The average Bonchev–Trinajstić information content (AvgIpc) is 3.02. The van der Waals surface area contributed by atoms with Crippen molar-refractivity contribution < 1.29 is 19.5 Å². The molecular weight excluding hydrogens is 427 g/mol. The zero-order valence-electron chi connectivity index (χ0n) is 16.2. The summed E-state index contributed by atoms with van der Waals surface area (Å²) in [6, 6.07) is 14.2. The van der Waals surface area contributed by atoms with Crippen LogP contribution in [0.3, 0.4) is 0 Å². The molecule has 0 spiro atoms. The summed E-state index contributed by atoms with van der Waals surface area (Å²) in [4.78, 5) is 38.1. The van der Waals surface area contributed by atoms with Crippen LogP contribution in [0, 0.1) is 5.92 Å². The van der Waals surface area contributed by atoms with Crippen molar-refractivity contribution in [2.75, 3.05) is 19.6 Å². The van der Waals surface area contributed by atoms with Gasteiger partial charge < -0.3 is 15.3 Å². The highest BCUT2D eigenvalue weighted by molar-refractivity contribution is 6.42. The van der Waals surface area contributed by atoms with Crippen LogP contribution in [0.25, 0.3) is 0 Å². The molecule has 2 amide bonds. The zero-order chi connectivity index (χ0) is 21.7. The van der Waals surface area contributed by atoms with Crippen molar-refractivity contribution in [2.24, 2.45) is 5.92 Å². The van der Waals surface area contributed by atoms with E-state index in [0.717, 1.165) is 5.56 Å². The monoisotopic (exact) mass is 448 g/mol. The van der Waals surface area contributed by atoms with Gasteiger partial charge in [-0.05, 0) is 36.1 Å². The lowest BCUT2D eigenvalue weighted by molar-refractivity contribution is -0.143. The number of Topliss-reactive ketones (excluding diaryl/α,β-unsaturated/α-hetero) is 1. The highest BCUT2D eigenvalue weighted by Gasteiger charge is 2.43. The number of nitrogens with one attached hydrogen (secondary N) is 1. The SMILES string of the molecule is O=C(NCCCc1ccc(Cl)c(Cl)c1)C1CN(C[C@@H](O)c2ccccc2)C(=O)C1=O. The summed E-state index contributed by atoms with van der Waals surface area (Å²) in [6.45, 7) is 0.305. The summed E-state index contributed by atoms with van der Waals surface area (Å²) in [6.07, 6.45) is 0.412. The van der Waals surface area contributed by atoms with Gasteiger partial charge in [0.15, 0.2) is 0 Å². The number of hydrogen-bond donors (Lipinski definition) is 2. The summed E-state index contributed by atoms with van der Waals surface area (Å²) in [5, 5.41) is 14.0. The summed E-state index contributed by atoms with van der Waals surface area (Å²) in [7, 11) is 0. The van der Waals surface area contributed by atoms with Crippen molar-refractivity contribution in [3.05, 3.63) is 69.7 Å². The fourth-order valence-corrected chi connectivity index (χ4v) is 3.68. The van der Waals surface area contributed by atoms with E-state index in [2.05, 4.69) is 5.32 Å². The molecule has 1 fully saturated rings. The number of likely N-dealkylation sites (tertiary alicyclic amines) is 1. The van der Waals surface area contributed by atoms with Crippen LogP contribution in [-0.2, 0) is 20.8 Å². The molecule has 1 aliphatic heterocycles. The van der Waals surface area contributed by atoms with Gasteiger partial charge in [0, 0.05) is 13.1 Å². The molecule has 0 aromatic heterocycles. The maximum Gasteiger partial charge on any atom is 0.291 e. The molecule has 3 rings (SSSR count). The molecule has 0 saturated carbocycles. The summed E-state index contributed by atoms with van der Waals surface area (Å²) in [5.74, 6) is -3.00. The van der Waals surface area contributed by atoms with Gasteiger partial charge >= 0.3 is 0 Å². The van der Waals surface area contributed by atoms with Crippen molar-refractivity contribution in [3.8, 4) is 0 Å². The van der Waals surface area contributed by atoms with Gasteiger partial charge in [-0.3, -0.25) is 14.4 Å². The molecule has 158 valence electrons. The topological polar surface area (TPSA) is 86.7 Å². The maximum atomic E-state index is 12.4. The largest absolute Gasteiger partial charge is 0.387 e. The number of aliphatic hydroxyl groups is 1. The predicted octanol–water partition coefficient (Wildman–Crippen LogP) is 2.80. The number of ketones is 1. The second-order valence-electron chi connectivity index (χ2n) is 7.20. The van der Waals surface area contributed by atoms with Crippen molar-refractivity contribution in [2.45, 2.75) is 18.9 Å². The van der Waals surface area contributed by atoms with E-state index in [9.17, 15) is 19.5 Å². The summed E-state index contributed by atoms with van der Waals surface area (Å²) >= 11 is 11.9. The Morgan fingerprint density at radius 2 is 1.87 bits per heavy atom. The number of halogens is 2. The summed E-state index contributed by atoms with van der Waals surface area (Å²) < 4.78 is 0. The highest BCUT2D eigenvalue weighted by atomic mass is 35.5. The number of carbonyl (C=O) groups is 3. The molecule has 1 aliphatic rings. The van der Waals surface area contributed by atoms with Gasteiger partial charge in [0.05, 0.1) is 22.7 Å². The van der Waals surface area contributed by atoms with Crippen LogP contribution in [0.4, 0.5) is 0 Å². The number of aliphatic hydroxyl groups excluding tert-OH is 1. The van der Waals surface area contributed by atoms with E-state index in [4.69, 9.17) is 23.2 Å². The van der Waals surface area contributed by atoms with E-state index in [-0.39, 0.29) is 13.1 Å². The lowest BCUT2D eigenvalue weighted by Gasteiger charge is -2.20. The lowest BCUT2D eigenvalue weighted by atomic mass is 10.1. The fourth-order valence-electron chi connectivity index (χ4n) is 3.36. The molecule has 2 atom stereocenters. The second kappa shape index (κ2) is 10.1. The minimum Gasteiger partial charge on any atom is -0.387 e. The molecule has 0 bridgehead atoms. The number of β-amino-alcohol motifs (C(OH)–C–C–N with tert-alkyl or cyclic N) is 1. The normalized spacial score (nSPS) is 17.3. The van der Waals surface area contributed by atoms with E-state index in [0.29, 0.717) is 35.0 Å². The second-order valence-corrected chi connectivity index (χ2v) is 8.01. The van der Waals surface area contributed by atoms with Crippen molar-refractivity contribution >= 4 is 40.8 Å². The van der Waals surface area contributed by atoms with Gasteiger partial charge in [0.2, 0.25) is 11.7 Å². The Balaban J connectivity index is 1.48. The molecular formula is C22H22Cl2N2O4. The smallest absolute Gasteiger partial charge is 0.291 e. The van der Waals surface area contributed by atoms with Gasteiger partial charge in [0.1, 0.15) is 5.92 Å². The van der Waals surface area contributed by atoms with Gasteiger partial charge in [-0.1, -0.05) is 59.6 Å². The standard InChI is InChI=1S/C22H22Cl2N2O4/c23-17-9-8-14(11-18(17)24)5-4-10-25-21(29)16-12-26(22(30)20(16)28)13-19(27)15-6-2-1-3-7-15/h1-3,6-9,11,16,19,27H,4-5,10,12-13H2,(H,25,29)/t16?,19-/m1/s1. The number of hydrogen-bond acceptors (Lipinski definition) is 4. The molecule has 6 nitrogen and oxygen atoms in total. The van der Waals surface area contributed by atoms with Crippen molar-refractivity contribution in [1.82, 2.24) is 10.2 Å². The van der Waals surface area contributed by atoms with Crippen LogP contribution in [-0.4, -0.2) is 47.2 Å². The zero-order valence-corrected chi connectivity index (χ0v) is 17.7. The van der Waals surface area contributed by atoms with Gasteiger partial charge in [-0.25, -0.2) is 0 Å². The van der Waals surface area contributed by atoms with Crippen LogP contribution in [0.2, 0.25) is 10.0 Å². The van der Waals surface area contributed by atoms with E-state index >= 15 is 0 Å². The molecule has 30 heavy (non-hydrogen) atoms. The molecule has 0 radical (unpaired) electrons. The number of amides is 2. The van der Waals surface area contributed by atoms with Gasteiger partial charge in [0.25, 0.3) is 5.91 Å². The van der Waals surface area contributed by atoms with Crippen molar-refractivity contribution in [1.29, 1.82) is 0 Å². The first-order valence-corrected chi connectivity index (χ1v) is 10.4. The molecule has 1 heterocycles. The van der Waals surface area contributed by atoms with Crippen LogP contribution in [0.5, 0.6) is 0 Å². The fraction of sp³-hybridized carbons (Fsp3) is 0.318. The Morgan fingerprint density at radius 1 is 1.13 bits per heavy atom. The number of nitrogens with zero attached hydrogens (tertiary/aromatic N) is 1. The molecule has 2 aromatic rings. The van der Waals surface area contributed by atoms with E-state index in [1.807, 2.05) is 12.1 Å². The lowest BCUT2D eigenvalue weighted by Crippen LogP contribution is -2.36. The number of carbonyl (C=O) groups excluding carboxylic acids is 3. The molecule has 2 aromatic carbocycles. The Hall–Kier alpha value is -2.41. The van der Waals surface area contributed by atoms with Crippen LogP contribution in [0.1, 0.15) is 23.7 Å². The Kier molecular flexibility index (Phi) is 7.48. The first-order chi connectivity index (χ1) is 14.4. The third-order valence-corrected chi connectivity index (χ3v) is 5.78. The average molecular weight is 449 g/mol. The van der Waals surface area contributed by atoms with Crippen LogP contribution in [0.15, 0.2) is 48.5 Å². The quantitative estimate of drug-likeness (QED) is 0.369. The highest BCUT2D eigenvalue weighted by Crippen LogP contribution is 2.23. The molecule has 1 unspecified atom stereocenters. The molecule has 2 N–H and O–H groups in total. The van der Waals surface area contributed by atoms with Gasteiger partial charge in [-0.15, -0.1) is 0 Å². The Morgan fingerprint density at radius 3 is 2.57 bits per heavy atom. The minimum absolute atomic E-state index is 0.0276. The number of benzene rings is 2. The first kappa shape index (κ1) is 22.3. The van der Waals surface area contributed by atoms with Crippen molar-refractivity contribution in [3.63, 3.8) is 0 Å². The maximum absolute atomic E-state index is 12.4. The van der Waals surface area contributed by atoms with E-state index < -0.39 is 29.6 Å².